The third-order valence-corrected chi connectivity index (χ3v) is 3.13. The number of benzene rings is 2. The molecule has 0 aliphatic carbocycles. The minimum Gasteiger partial charge on any atom is -0.391 e. The van der Waals surface area contributed by atoms with Crippen molar-refractivity contribution in [3.63, 3.8) is 0 Å². The molecule has 0 spiro atoms. The summed E-state index contributed by atoms with van der Waals surface area (Å²) in [5.74, 6) is 0. The fraction of sp³-hybridized carbons (Fsp3) is 0.188. The van der Waals surface area contributed by atoms with Crippen LogP contribution in [0.1, 0.15) is 5.56 Å². The van der Waals surface area contributed by atoms with Gasteiger partial charge in [-0.2, -0.15) is 0 Å². The van der Waals surface area contributed by atoms with E-state index >= 15 is 0 Å². The van der Waals surface area contributed by atoms with Crippen LogP contribution in [0.15, 0.2) is 54.6 Å². The summed E-state index contributed by atoms with van der Waals surface area (Å²) in [5.41, 5.74) is 1.18. The summed E-state index contributed by atoms with van der Waals surface area (Å²) in [5, 5.41) is 25.6. The van der Waals surface area contributed by atoms with Crippen LogP contribution in [0.3, 0.4) is 0 Å². The predicted molar refractivity (Wildman–Crippen MR) is 86.3 cm³/mol. The van der Waals surface area contributed by atoms with Crippen molar-refractivity contribution in [3.05, 3.63) is 70.3 Å². The Balaban J connectivity index is 1.81. The van der Waals surface area contributed by atoms with Gasteiger partial charge in [0.2, 0.25) is 0 Å². The summed E-state index contributed by atoms with van der Waals surface area (Å²) < 4.78 is 0. The van der Waals surface area contributed by atoms with Gasteiger partial charge in [0, 0.05) is 30.8 Å². The van der Waals surface area contributed by atoms with Gasteiger partial charge in [-0.3, -0.25) is 10.1 Å². The molecule has 1 unspecified atom stereocenters. The van der Waals surface area contributed by atoms with Crippen molar-refractivity contribution in [3.8, 4) is 0 Å². The van der Waals surface area contributed by atoms with Crippen molar-refractivity contribution in [2.24, 2.45) is 0 Å². The highest BCUT2D eigenvalue weighted by molar-refractivity contribution is 5.89. The molecule has 7 nitrogen and oxygen atoms in total. The van der Waals surface area contributed by atoms with Gasteiger partial charge in [0.05, 0.1) is 11.0 Å². The maximum atomic E-state index is 11.7. The second-order valence-electron chi connectivity index (χ2n) is 4.99. The molecule has 0 radical (unpaired) electrons. The van der Waals surface area contributed by atoms with Crippen LogP contribution in [0.2, 0.25) is 0 Å². The number of rotatable bonds is 6. The third kappa shape index (κ3) is 5.40. The summed E-state index contributed by atoms with van der Waals surface area (Å²) >= 11 is 0. The molecule has 0 aliphatic heterocycles. The topological polar surface area (TPSA) is 104 Å². The largest absolute Gasteiger partial charge is 0.391 e. The normalized spacial score (nSPS) is 11.5. The Morgan fingerprint density at radius 1 is 1.17 bits per heavy atom. The Bertz CT molecular complexity index is 676. The number of urea groups is 1. The molecule has 2 rings (SSSR count). The van der Waals surface area contributed by atoms with E-state index in [9.17, 15) is 20.0 Å². The second kappa shape index (κ2) is 7.90. The summed E-state index contributed by atoms with van der Waals surface area (Å²) in [6.45, 7) is 0.0790. The molecular weight excluding hydrogens is 298 g/mol. The molecule has 0 bridgehead atoms. The van der Waals surface area contributed by atoms with Gasteiger partial charge in [-0.1, -0.05) is 36.4 Å². The van der Waals surface area contributed by atoms with E-state index in [1.54, 1.807) is 6.07 Å². The van der Waals surface area contributed by atoms with Crippen molar-refractivity contribution < 1.29 is 14.8 Å². The molecular formula is C16H17N3O4. The van der Waals surface area contributed by atoms with Gasteiger partial charge in [0.25, 0.3) is 5.69 Å². The summed E-state index contributed by atoms with van der Waals surface area (Å²) in [7, 11) is 0. The average molecular weight is 315 g/mol. The first-order valence-electron chi connectivity index (χ1n) is 7.06. The summed E-state index contributed by atoms with van der Waals surface area (Å²) in [4.78, 5) is 21.9. The number of hydrogen-bond acceptors (Lipinski definition) is 4. The van der Waals surface area contributed by atoms with Gasteiger partial charge in [-0.25, -0.2) is 4.79 Å². The quantitative estimate of drug-likeness (QED) is 0.562. The zero-order valence-electron chi connectivity index (χ0n) is 12.3. The molecule has 2 amide bonds. The van der Waals surface area contributed by atoms with Gasteiger partial charge >= 0.3 is 6.03 Å². The highest BCUT2D eigenvalue weighted by atomic mass is 16.6. The monoisotopic (exact) mass is 315 g/mol. The minimum absolute atomic E-state index is 0.0790. The molecule has 0 heterocycles. The fourth-order valence-electron chi connectivity index (χ4n) is 2.04. The molecule has 0 saturated heterocycles. The highest BCUT2D eigenvalue weighted by Gasteiger charge is 2.10. The van der Waals surface area contributed by atoms with Crippen LogP contribution in [0.4, 0.5) is 16.2 Å². The number of aliphatic hydroxyl groups excluding tert-OH is 1. The Kier molecular flexibility index (Phi) is 5.65. The van der Waals surface area contributed by atoms with E-state index in [1.807, 2.05) is 30.3 Å². The number of carbonyl (C=O) groups excluding carboxylic acids is 1. The van der Waals surface area contributed by atoms with Gasteiger partial charge in [0.15, 0.2) is 0 Å². The second-order valence-corrected chi connectivity index (χ2v) is 4.99. The van der Waals surface area contributed by atoms with Crippen molar-refractivity contribution in [1.82, 2.24) is 5.32 Å². The molecule has 2 aromatic carbocycles. The first kappa shape index (κ1) is 16.4. The number of aliphatic hydroxyl groups is 1. The molecule has 0 aliphatic rings. The van der Waals surface area contributed by atoms with Crippen molar-refractivity contribution >= 4 is 17.4 Å². The predicted octanol–water partition coefficient (Wildman–Crippen LogP) is 2.32. The molecule has 2 aromatic rings. The van der Waals surface area contributed by atoms with Gasteiger partial charge in [-0.05, 0) is 11.6 Å². The summed E-state index contributed by atoms with van der Waals surface area (Å²) in [6, 6.07) is 14.5. The number of nitro groups is 1. The van der Waals surface area contributed by atoms with Crippen LogP contribution >= 0.6 is 0 Å². The van der Waals surface area contributed by atoms with Gasteiger partial charge in [0.1, 0.15) is 0 Å². The minimum atomic E-state index is -0.715. The number of hydrogen-bond donors (Lipinski definition) is 3. The average Bonchev–Trinajstić information content (AvgIpc) is 2.54. The number of nitrogens with one attached hydrogen (secondary N) is 2. The van der Waals surface area contributed by atoms with Crippen LogP contribution in [-0.2, 0) is 6.42 Å². The van der Waals surface area contributed by atoms with Crippen molar-refractivity contribution in [1.29, 1.82) is 0 Å². The molecule has 0 aromatic heterocycles. The SMILES string of the molecule is O=C(NCC(O)Cc1ccccc1)Nc1cccc([N+](=O)[O-])c1. The van der Waals surface area contributed by atoms with Crippen LogP contribution in [0, 0.1) is 10.1 Å². The first-order chi connectivity index (χ1) is 11.0. The Hall–Kier alpha value is -2.93. The molecule has 23 heavy (non-hydrogen) atoms. The lowest BCUT2D eigenvalue weighted by atomic mass is 10.1. The third-order valence-electron chi connectivity index (χ3n) is 3.13. The molecule has 0 fully saturated rings. The number of nitro benzene ring substituents is 1. The van der Waals surface area contributed by atoms with Crippen molar-refractivity contribution in [2.45, 2.75) is 12.5 Å². The van der Waals surface area contributed by atoms with Crippen molar-refractivity contribution in [2.75, 3.05) is 11.9 Å². The maximum absolute atomic E-state index is 11.7. The van der Waals surface area contributed by atoms with E-state index in [4.69, 9.17) is 0 Å². The number of nitrogens with zero attached hydrogens (tertiary/aromatic N) is 1. The molecule has 0 saturated carbocycles. The number of non-ortho nitro benzene ring substituents is 1. The molecule has 3 N–H and O–H groups in total. The van der Waals surface area contributed by atoms with Crippen LogP contribution in [-0.4, -0.2) is 28.7 Å². The molecule has 1 atom stereocenters. The number of carbonyl (C=O) groups is 1. The number of anilines is 1. The summed E-state index contributed by atoms with van der Waals surface area (Å²) in [6.07, 6.45) is -0.286. The van der Waals surface area contributed by atoms with E-state index < -0.39 is 17.1 Å². The van der Waals surface area contributed by atoms with E-state index in [0.717, 1.165) is 5.56 Å². The zero-order valence-corrected chi connectivity index (χ0v) is 12.3. The van der Waals surface area contributed by atoms with Gasteiger partial charge < -0.3 is 15.7 Å². The first-order valence-corrected chi connectivity index (χ1v) is 7.06. The maximum Gasteiger partial charge on any atom is 0.319 e. The van der Waals surface area contributed by atoms with Crippen LogP contribution in [0.5, 0.6) is 0 Å². The molecule has 7 heteroatoms. The van der Waals surface area contributed by atoms with Crippen LogP contribution in [0.25, 0.3) is 0 Å². The lowest BCUT2D eigenvalue weighted by Gasteiger charge is -2.12. The lowest BCUT2D eigenvalue weighted by Crippen LogP contribution is -2.36. The highest BCUT2D eigenvalue weighted by Crippen LogP contribution is 2.16. The Morgan fingerprint density at radius 3 is 2.61 bits per heavy atom. The fourth-order valence-corrected chi connectivity index (χ4v) is 2.04. The lowest BCUT2D eigenvalue weighted by molar-refractivity contribution is -0.384. The standard InChI is InChI=1S/C16H17N3O4/c20-15(9-12-5-2-1-3-6-12)11-17-16(21)18-13-7-4-8-14(10-13)19(22)23/h1-8,10,15,20H,9,11H2,(H2,17,18,21). The van der Waals surface area contributed by atoms with E-state index in [1.165, 1.54) is 18.2 Å². The van der Waals surface area contributed by atoms with E-state index in [-0.39, 0.29) is 12.2 Å². The smallest absolute Gasteiger partial charge is 0.319 e. The van der Waals surface area contributed by atoms with Gasteiger partial charge in [-0.15, -0.1) is 0 Å². The molecule has 120 valence electrons. The number of amides is 2. The van der Waals surface area contributed by atoms with E-state index in [2.05, 4.69) is 10.6 Å². The zero-order chi connectivity index (χ0) is 16.7. The van der Waals surface area contributed by atoms with Crippen LogP contribution < -0.4 is 10.6 Å². The Labute approximate surface area is 133 Å². The Morgan fingerprint density at radius 2 is 1.91 bits per heavy atom. The van der Waals surface area contributed by atoms with E-state index in [0.29, 0.717) is 12.1 Å².